The molecule has 1 aromatic carbocycles. The lowest BCUT2D eigenvalue weighted by Gasteiger charge is -2.40. The molecule has 140 valence electrons. The van der Waals surface area contributed by atoms with Crippen LogP contribution < -0.4 is 4.90 Å². The molecule has 0 bridgehead atoms. The summed E-state index contributed by atoms with van der Waals surface area (Å²) in [6, 6.07) is 9.27. The second-order valence-corrected chi connectivity index (χ2v) is 6.80. The molecule has 0 aliphatic carbocycles. The normalized spacial score (nSPS) is 18.1. The molecule has 1 aliphatic heterocycles. The molecule has 1 atom stereocenters. The molecule has 1 aliphatic rings. The number of esters is 1. The van der Waals surface area contributed by atoms with E-state index in [1.165, 1.54) is 12.1 Å². The topological polar surface area (TPSA) is 50.6 Å². The minimum absolute atomic E-state index is 0.324. The van der Waals surface area contributed by atoms with Crippen molar-refractivity contribution < 1.29 is 9.53 Å². The highest BCUT2D eigenvalue weighted by Crippen LogP contribution is 2.20. The quantitative estimate of drug-likeness (QED) is 0.745. The summed E-state index contributed by atoms with van der Waals surface area (Å²) >= 11 is 0. The number of nitrogens with zero attached hydrogens (tertiary/aromatic N) is 4. The van der Waals surface area contributed by atoms with Crippen LogP contribution >= 0.6 is 0 Å². The van der Waals surface area contributed by atoms with Crippen LogP contribution in [-0.4, -0.2) is 60.0 Å². The van der Waals surface area contributed by atoms with Crippen LogP contribution in [0.4, 0.5) is 5.69 Å². The first kappa shape index (κ1) is 18.5. The highest BCUT2D eigenvalue weighted by Gasteiger charge is 2.22. The van der Waals surface area contributed by atoms with Crippen LogP contribution in [0.3, 0.4) is 0 Å². The van der Waals surface area contributed by atoms with E-state index in [9.17, 15) is 4.79 Å². The third kappa shape index (κ3) is 4.25. The lowest BCUT2D eigenvalue weighted by Crippen LogP contribution is -2.51. The van der Waals surface area contributed by atoms with Crippen LogP contribution in [0.1, 0.15) is 36.2 Å². The van der Waals surface area contributed by atoms with Crippen molar-refractivity contribution in [1.82, 2.24) is 14.7 Å². The van der Waals surface area contributed by atoms with E-state index in [-0.39, 0.29) is 5.97 Å². The van der Waals surface area contributed by atoms with Crippen molar-refractivity contribution >= 4 is 11.7 Å². The number of ether oxygens (including phenoxy) is 1. The van der Waals surface area contributed by atoms with Crippen LogP contribution in [0.25, 0.3) is 0 Å². The fraction of sp³-hybridized carbons (Fsp3) is 0.500. The number of benzene rings is 1. The molecule has 1 saturated heterocycles. The van der Waals surface area contributed by atoms with Gasteiger partial charge in [-0.25, -0.2) is 4.79 Å². The van der Waals surface area contributed by atoms with Crippen molar-refractivity contribution in [3.8, 4) is 0 Å². The average Bonchev–Trinajstić information content (AvgIpc) is 3.12. The number of hydrogen-bond donors (Lipinski definition) is 0. The van der Waals surface area contributed by atoms with Gasteiger partial charge in [-0.3, -0.25) is 9.58 Å². The molecule has 0 spiro atoms. The maximum Gasteiger partial charge on any atom is 0.341 e. The first-order valence-corrected chi connectivity index (χ1v) is 9.34. The number of rotatable bonds is 6. The Kier molecular flexibility index (Phi) is 5.93. The van der Waals surface area contributed by atoms with Gasteiger partial charge in [-0.05, 0) is 38.1 Å². The van der Waals surface area contributed by atoms with E-state index in [1.807, 2.05) is 0 Å². The molecule has 0 amide bonds. The Morgan fingerprint density at radius 3 is 2.69 bits per heavy atom. The third-order valence-electron chi connectivity index (χ3n) is 5.04. The van der Waals surface area contributed by atoms with Crippen LogP contribution in [0.5, 0.6) is 0 Å². The molecule has 1 aromatic heterocycles. The zero-order valence-electron chi connectivity index (χ0n) is 15.9. The van der Waals surface area contributed by atoms with Crippen LogP contribution in [0.15, 0.2) is 36.7 Å². The second kappa shape index (κ2) is 8.36. The third-order valence-corrected chi connectivity index (χ3v) is 5.04. The van der Waals surface area contributed by atoms with Crippen LogP contribution in [0, 0.1) is 0 Å². The van der Waals surface area contributed by atoms with E-state index >= 15 is 0 Å². The highest BCUT2D eigenvalue weighted by molar-refractivity contribution is 5.88. The maximum atomic E-state index is 11.7. The van der Waals surface area contributed by atoms with Gasteiger partial charge in [-0.2, -0.15) is 5.10 Å². The molecular weight excluding hydrogens is 328 g/mol. The first-order chi connectivity index (χ1) is 12.6. The van der Waals surface area contributed by atoms with Gasteiger partial charge in [0.15, 0.2) is 0 Å². The van der Waals surface area contributed by atoms with Crippen LogP contribution in [0.2, 0.25) is 0 Å². The summed E-state index contributed by atoms with van der Waals surface area (Å²) in [4.78, 5) is 16.6. The van der Waals surface area contributed by atoms with E-state index in [4.69, 9.17) is 4.74 Å². The summed E-state index contributed by atoms with van der Waals surface area (Å²) in [6.07, 6.45) is 4.47. The Labute approximate surface area is 155 Å². The zero-order valence-corrected chi connectivity index (χ0v) is 15.9. The zero-order chi connectivity index (χ0) is 18.5. The largest absolute Gasteiger partial charge is 0.462 e. The molecule has 6 heteroatoms. The summed E-state index contributed by atoms with van der Waals surface area (Å²) in [6.45, 7) is 8.30. The predicted molar refractivity (Wildman–Crippen MR) is 103 cm³/mol. The number of carbonyl (C=O) groups excluding carboxylic acids is 1. The van der Waals surface area contributed by atoms with E-state index in [1.54, 1.807) is 24.0 Å². The van der Waals surface area contributed by atoms with Gasteiger partial charge in [0.1, 0.15) is 0 Å². The molecule has 0 radical (unpaired) electrons. The fourth-order valence-electron chi connectivity index (χ4n) is 3.39. The Morgan fingerprint density at radius 2 is 2.00 bits per heavy atom. The van der Waals surface area contributed by atoms with E-state index in [0.29, 0.717) is 24.8 Å². The highest BCUT2D eigenvalue weighted by atomic mass is 16.5. The molecule has 1 unspecified atom stereocenters. The van der Waals surface area contributed by atoms with Gasteiger partial charge in [0.2, 0.25) is 0 Å². The number of likely N-dealkylation sites (N-methyl/N-ethyl adjacent to an activating group) is 1. The summed E-state index contributed by atoms with van der Waals surface area (Å²) in [5.41, 5.74) is 2.92. The Balaban J connectivity index is 1.62. The van der Waals surface area contributed by atoms with Gasteiger partial charge in [0.05, 0.1) is 24.9 Å². The molecule has 0 N–H and O–H groups in total. The standard InChI is InChI=1S/C20H28N4O2/c1-4-18-15-23(11-10-22(18)3)19-8-6-16(7-9-19)13-24-14-17(12-21-24)20(25)26-5-2/h6-9,12,14,18H,4-5,10-11,13,15H2,1-3H3. The monoisotopic (exact) mass is 356 g/mol. The number of hydrogen-bond acceptors (Lipinski definition) is 5. The molecular formula is C20H28N4O2. The van der Waals surface area contributed by atoms with Gasteiger partial charge >= 0.3 is 5.97 Å². The molecule has 1 fully saturated rings. The van der Waals surface area contributed by atoms with Gasteiger partial charge in [0.25, 0.3) is 0 Å². The molecule has 6 nitrogen and oxygen atoms in total. The smallest absolute Gasteiger partial charge is 0.341 e. The lowest BCUT2D eigenvalue weighted by molar-refractivity contribution is 0.0526. The van der Waals surface area contributed by atoms with Crippen molar-refractivity contribution in [2.75, 3.05) is 38.2 Å². The van der Waals surface area contributed by atoms with Gasteiger partial charge in [0, 0.05) is 37.6 Å². The van der Waals surface area contributed by atoms with E-state index in [0.717, 1.165) is 25.2 Å². The minimum Gasteiger partial charge on any atom is -0.462 e. The average molecular weight is 356 g/mol. The van der Waals surface area contributed by atoms with Crippen LogP contribution in [-0.2, 0) is 11.3 Å². The lowest BCUT2D eigenvalue weighted by atomic mass is 10.1. The molecule has 3 rings (SSSR count). The van der Waals surface area contributed by atoms with Crippen molar-refractivity contribution in [2.24, 2.45) is 0 Å². The summed E-state index contributed by atoms with van der Waals surface area (Å²) in [5.74, 6) is -0.324. The Bertz CT molecular complexity index is 726. The van der Waals surface area contributed by atoms with E-state index < -0.39 is 0 Å². The number of carbonyl (C=O) groups is 1. The van der Waals surface area contributed by atoms with Gasteiger partial charge < -0.3 is 9.64 Å². The first-order valence-electron chi connectivity index (χ1n) is 9.34. The van der Waals surface area contributed by atoms with Crippen molar-refractivity contribution in [3.63, 3.8) is 0 Å². The summed E-state index contributed by atoms with van der Waals surface area (Å²) < 4.78 is 6.77. The fourth-order valence-corrected chi connectivity index (χ4v) is 3.39. The molecule has 26 heavy (non-hydrogen) atoms. The minimum atomic E-state index is -0.324. The second-order valence-electron chi connectivity index (χ2n) is 6.80. The number of anilines is 1. The summed E-state index contributed by atoms with van der Waals surface area (Å²) in [7, 11) is 2.21. The SMILES string of the molecule is CCOC(=O)c1cnn(Cc2ccc(N3CCN(C)C(CC)C3)cc2)c1. The maximum absolute atomic E-state index is 11.7. The van der Waals surface area contributed by atoms with Crippen molar-refractivity contribution in [2.45, 2.75) is 32.9 Å². The Morgan fingerprint density at radius 1 is 1.23 bits per heavy atom. The van der Waals surface area contributed by atoms with Crippen molar-refractivity contribution in [1.29, 1.82) is 0 Å². The van der Waals surface area contributed by atoms with Gasteiger partial charge in [-0.15, -0.1) is 0 Å². The molecule has 2 aromatic rings. The Hall–Kier alpha value is -2.34. The van der Waals surface area contributed by atoms with Gasteiger partial charge in [-0.1, -0.05) is 19.1 Å². The number of piperazine rings is 1. The molecule has 0 saturated carbocycles. The number of aromatic nitrogens is 2. The van der Waals surface area contributed by atoms with E-state index in [2.05, 4.69) is 53.1 Å². The predicted octanol–water partition coefficient (Wildman–Crippen LogP) is 2.64. The summed E-state index contributed by atoms with van der Waals surface area (Å²) in [5, 5.41) is 4.26. The van der Waals surface area contributed by atoms with Crippen molar-refractivity contribution in [3.05, 3.63) is 47.8 Å². The molecule has 2 heterocycles.